The first-order valence-electron chi connectivity index (χ1n) is 13.1. The number of carbonyl (C=O) groups is 2. The van der Waals surface area contributed by atoms with Gasteiger partial charge in [-0.1, -0.05) is 30.3 Å². The molecule has 1 amide bonds. The average Bonchev–Trinajstić information content (AvgIpc) is 3.48. The van der Waals surface area contributed by atoms with Crippen LogP contribution in [0.4, 0.5) is 4.79 Å². The number of ether oxygens (including phenoxy) is 2. The molecule has 4 rings (SSSR count). The van der Waals surface area contributed by atoms with E-state index < -0.39 is 11.2 Å². The van der Waals surface area contributed by atoms with Crippen LogP contribution in [0, 0.1) is 0 Å². The fourth-order valence-electron chi connectivity index (χ4n) is 5.46. The summed E-state index contributed by atoms with van der Waals surface area (Å²) < 4.78 is 11.2. The van der Waals surface area contributed by atoms with Gasteiger partial charge in [0.1, 0.15) is 11.2 Å². The molecule has 2 aliphatic heterocycles. The molecule has 1 aromatic carbocycles. The first-order chi connectivity index (χ1) is 16.3. The van der Waals surface area contributed by atoms with Gasteiger partial charge in [0.2, 0.25) is 0 Å². The minimum atomic E-state index is -0.537. The Morgan fingerprint density at radius 2 is 1.57 bits per heavy atom. The van der Waals surface area contributed by atoms with Crippen molar-refractivity contribution >= 4 is 12.1 Å². The Labute approximate surface area is 210 Å². The van der Waals surface area contributed by atoms with Crippen molar-refractivity contribution in [1.82, 2.24) is 15.1 Å². The van der Waals surface area contributed by atoms with Crippen LogP contribution >= 0.6 is 0 Å². The summed E-state index contributed by atoms with van der Waals surface area (Å²) in [6.45, 7) is 14.1. The second-order valence-corrected chi connectivity index (χ2v) is 12.6. The molecule has 0 bridgehead atoms. The van der Waals surface area contributed by atoms with E-state index in [1.54, 1.807) is 4.90 Å². The van der Waals surface area contributed by atoms with Gasteiger partial charge in [0.05, 0.1) is 12.0 Å². The van der Waals surface area contributed by atoms with Crippen molar-refractivity contribution in [3.05, 3.63) is 35.9 Å². The molecule has 2 saturated heterocycles. The molecule has 3 fully saturated rings. The Hall–Kier alpha value is -2.12. The number of carbonyl (C=O) groups excluding carboxylic acids is 2. The maximum Gasteiger partial charge on any atom is 0.410 e. The Kier molecular flexibility index (Phi) is 7.22. The lowest BCUT2D eigenvalue weighted by atomic mass is 9.82. The van der Waals surface area contributed by atoms with Crippen LogP contribution in [0.3, 0.4) is 0 Å². The van der Waals surface area contributed by atoms with Crippen LogP contribution in [0.5, 0.6) is 0 Å². The van der Waals surface area contributed by atoms with Gasteiger partial charge in [-0.2, -0.15) is 0 Å². The lowest BCUT2D eigenvalue weighted by Crippen LogP contribution is -2.73. The summed E-state index contributed by atoms with van der Waals surface area (Å²) in [5, 5.41) is 3.87. The number of hydrogen-bond acceptors (Lipinski definition) is 6. The van der Waals surface area contributed by atoms with Gasteiger partial charge in [-0.15, -0.1) is 0 Å². The van der Waals surface area contributed by atoms with Gasteiger partial charge < -0.3 is 19.7 Å². The first-order valence-corrected chi connectivity index (χ1v) is 13.1. The molecule has 0 unspecified atom stereocenters. The van der Waals surface area contributed by atoms with Crippen molar-refractivity contribution in [3.8, 4) is 0 Å². The zero-order valence-corrected chi connectivity index (χ0v) is 22.3. The summed E-state index contributed by atoms with van der Waals surface area (Å²) in [6.07, 6.45) is 3.27. The van der Waals surface area contributed by atoms with Crippen molar-refractivity contribution in [1.29, 1.82) is 0 Å². The standard InChI is InChI=1S/C28H43N3O4/c1-26(2,3)34-24(32)17-28(18-30(19-28)25(33)35-27(4,5)6)31-14-12-21(13-15-31)29-23-16-22(23)20-10-8-7-9-11-20/h7-11,21-23,29H,12-19H2,1-6H3/t22-,23+/m0/s1. The normalized spacial score (nSPS) is 25.0. The van der Waals surface area contributed by atoms with Crippen LogP contribution in [0.1, 0.15) is 78.7 Å². The van der Waals surface area contributed by atoms with Gasteiger partial charge in [-0.25, -0.2) is 4.79 Å². The molecule has 2 heterocycles. The zero-order valence-electron chi connectivity index (χ0n) is 22.3. The third-order valence-electron chi connectivity index (χ3n) is 7.15. The highest BCUT2D eigenvalue weighted by Crippen LogP contribution is 2.42. The predicted molar refractivity (Wildman–Crippen MR) is 136 cm³/mol. The number of hydrogen-bond donors (Lipinski definition) is 1. The van der Waals surface area contributed by atoms with E-state index in [1.807, 2.05) is 41.5 Å². The SMILES string of the molecule is CC(C)(C)OC(=O)CC1(N2CCC(N[C@@H]3C[C@H]3c3ccccc3)CC2)CN(C(=O)OC(C)(C)C)C1. The number of amides is 1. The fraction of sp³-hybridized carbons (Fsp3) is 0.714. The molecule has 0 spiro atoms. The van der Waals surface area contributed by atoms with Crippen LogP contribution in [0.15, 0.2) is 30.3 Å². The van der Waals surface area contributed by atoms with Gasteiger partial charge in [0.15, 0.2) is 0 Å². The van der Waals surface area contributed by atoms with E-state index in [9.17, 15) is 9.59 Å². The van der Waals surface area contributed by atoms with E-state index in [1.165, 1.54) is 12.0 Å². The van der Waals surface area contributed by atoms with Crippen LogP contribution in [0.25, 0.3) is 0 Å². The second-order valence-electron chi connectivity index (χ2n) is 12.6. The highest BCUT2D eigenvalue weighted by Gasteiger charge is 2.53. The third-order valence-corrected chi connectivity index (χ3v) is 7.15. The first kappa shape index (κ1) is 26.0. The predicted octanol–water partition coefficient (Wildman–Crippen LogP) is 4.32. The summed E-state index contributed by atoms with van der Waals surface area (Å²) in [5.41, 5.74) is -0.0135. The highest BCUT2D eigenvalue weighted by atomic mass is 16.6. The lowest BCUT2D eigenvalue weighted by Gasteiger charge is -2.56. The van der Waals surface area contributed by atoms with Gasteiger partial charge in [-0.05, 0) is 66.4 Å². The molecule has 1 aromatic rings. The molecular weight excluding hydrogens is 442 g/mol. The molecule has 7 heteroatoms. The molecule has 2 atom stereocenters. The molecule has 1 N–H and O–H groups in total. The van der Waals surface area contributed by atoms with Crippen molar-refractivity contribution in [2.45, 2.75) is 102 Å². The number of likely N-dealkylation sites (tertiary alicyclic amines) is 2. The third kappa shape index (κ3) is 6.76. The molecule has 35 heavy (non-hydrogen) atoms. The Morgan fingerprint density at radius 1 is 0.971 bits per heavy atom. The number of nitrogens with zero attached hydrogens (tertiary/aromatic N) is 2. The van der Waals surface area contributed by atoms with E-state index in [0.717, 1.165) is 25.9 Å². The molecule has 3 aliphatic rings. The van der Waals surface area contributed by atoms with Crippen molar-refractivity contribution in [2.75, 3.05) is 26.2 Å². The molecule has 7 nitrogen and oxygen atoms in total. The topological polar surface area (TPSA) is 71.1 Å². The summed E-state index contributed by atoms with van der Waals surface area (Å²) in [5.74, 6) is 0.423. The van der Waals surface area contributed by atoms with E-state index in [-0.39, 0.29) is 17.6 Å². The summed E-state index contributed by atoms with van der Waals surface area (Å²) >= 11 is 0. The number of rotatable bonds is 6. The minimum Gasteiger partial charge on any atom is -0.460 e. The molecule has 1 aliphatic carbocycles. The lowest BCUT2D eigenvalue weighted by molar-refractivity contribution is -0.163. The van der Waals surface area contributed by atoms with Gasteiger partial charge in [0.25, 0.3) is 0 Å². The fourth-order valence-corrected chi connectivity index (χ4v) is 5.46. The molecule has 1 saturated carbocycles. The number of nitrogens with one attached hydrogen (secondary N) is 1. The average molecular weight is 486 g/mol. The number of piperidine rings is 1. The van der Waals surface area contributed by atoms with Gasteiger partial charge >= 0.3 is 12.1 Å². The molecule has 0 radical (unpaired) electrons. The molecule has 0 aromatic heterocycles. The zero-order chi connectivity index (χ0) is 25.4. The van der Waals surface area contributed by atoms with Crippen molar-refractivity contribution in [2.24, 2.45) is 0 Å². The summed E-state index contributed by atoms with van der Waals surface area (Å²) in [6, 6.07) is 11.8. The van der Waals surface area contributed by atoms with E-state index in [4.69, 9.17) is 9.47 Å². The van der Waals surface area contributed by atoms with Crippen molar-refractivity contribution < 1.29 is 19.1 Å². The number of esters is 1. The minimum absolute atomic E-state index is 0.203. The van der Waals surface area contributed by atoms with Gasteiger partial charge in [0, 0.05) is 44.2 Å². The van der Waals surface area contributed by atoms with Gasteiger partial charge in [-0.3, -0.25) is 9.69 Å². The second kappa shape index (κ2) is 9.74. The number of benzene rings is 1. The van der Waals surface area contributed by atoms with Crippen molar-refractivity contribution in [3.63, 3.8) is 0 Å². The molecule has 194 valence electrons. The maximum absolute atomic E-state index is 12.8. The summed E-state index contributed by atoms with van der Waals surface area (Å²) in [4.78, 5) is 29.6. The quantitative estimate of drug-likeness (QED) is 0.605. The van der Waals surface area contributed by atoms with E-state index >= 15 is 0 Å². The summed E-state index contributed by atoms with van der Waals surface area (Å²) in [7, 11) is 0. The Bertz CT molecular complexity index is 891. The van der Waals surface area contributed by atoms with Crippen LogP contribution in [-0.4, -0.2) is 76.9 Å². The monoisotopic (exact) mass is 485 g/mol. The van der Waals surface area contributed by atoms with E-state index in [0.29, 0.717) is 37.5 Å². The van der Waals surface area contributed by atoms with Crippen LogP contribution in [-0.2, 0) is 14.3 Å². The smallest absolute Gasteiger partial charge is 0.410 e. The van der Waals surface area contributed by atoms with Crippen LogP contribution < -0.4 is 5.32 Å². The van der Waals surface area contributed by atoms with Crippen LogP contribution in [0.2, 0.25) is 0 Å². The highest BCUT2D eigenvalue weighted by molar-refractivity contribution is 5.74. The Morgan fingerprint density at radius 3 is 2.14 bits per heavy atom. The largest absolute Gasteiger partial charge is 0.460 e. The van der Waals surface area contributed by atoms with E-state index in [2.05, 4.69) is 40.5 Å². The Balaban J connectivity index is 1.33. The molecular formula is C28H43N3O4. The maximum atomic E-state index is 12.8.